The molecule has 3 aromatic rings. The average molecular weight is 315 g/mol. The molecule has 0 spiro atoms. The van der Waals surface area contributed by atoms with E-state index >= 15 is 0 Å². The predicted molar refractivity (Wildman–Crippen MR) is 89.7 cm³/mol. The van der Waals surface area contributed by atoms with Crippen molar-refractivity contribution in [3.63, 3.8) is 0 Å². The molecule has 1 aliphatic rings. The number of hydrogen-bond acceptors (Lipinski definition) is 5. The zero-order chi connectivity index (χ0) is 14.2. The minimum Gasteiger partial charge on any atom is -0.271 e. The van der Waals surface area contributed by atoms with E-state index in [0.29, 0.717) is 0 Å². The molecule has 1 aromatic carbocycles. The number of thiophene rings is 1. The van der Waals surface area contributed by atoms with Crippen LogP contribution in [0.3, 0.4) is 0 Å². The number of aryl methyl sites for hydroxylation is 2. The molecule has 0 saturated heterocycles. The van der Waals surface area contributed by atoms with E-state index in [2.05, 4.69) is 29.7 Å². The highest BCUT2D eigenvalue weighted by molar-refractivity contribution is 7.18. The summed E-state index contributed by atoms with van der Waals surface area (Å²) in [6, 6.07) is 10.8. The van der Waals surface area contributed by atoms with Gasteiger partial charge in [0.2, 0.25) is 0 Å². The molecule has 1 aliphatic carbocycles. The number of benzene rings is 1. The van der Waals surface area contributed by atoms with E-state index in [4.69, 9.17) is 10.8 Å². The first kappa shape index (κ1) is 13.4. The van der Waals surface area contributed by atoms with E-state index in [1.54, 1.807) is 16.2 Å². The first-order valence-corrected chi connectivity index (χ1v) is 8.89. The topological polar surface area (TPSA) is 50.9 Å². The molecular weight excluding hydrogens is 298 g/mol. The Kier molecular flexibility index (Phi) is 3.51. The zero-order valence-electron chi connectivity index (χ0n) is 11.6. The van der Waals surface area contributed by atoms with Crippen molar-refractivity contribution in [3.05, 3.63) is 50.7 Å². The van der Waals surface area contributed by atoms with Gasteiger partial charge in [-0.25, -0.2) is 4.98 Å². The molecule has 5 heteroatoms. The van der Waals surface area contributed by atoms with E-state index in [0.717, 1.165) is 16.9 Å². The number of aromatic nitrogens is 1. The number of rotatable bonds is 4. The van der Waals surface area contributed by atoms with Crippen molar-refractivity contribution < 1.29 is 0 Å². The number of para-hydroxylation sites is 1. The number of fused-ring (bicyclic) bond motifs is 2. The molecule has 1 atom stereocenters. The molecule has 21 heavy (non-hydrogen) atoms. The van der Waals surface area contributed by atoms with Crippen LogP contribution in [0.15, 0.2) is 30.3 Å². The fourth-order valence-electron chi connectivity index (χ4n) is 2.95. The monoisotopic (exact) mass is 315 g/mol. The van der Waals surface area contributed by atoms with Gasteiger partial charge in [0.1, 0.15) is 0 Å². The summed E-state index contributed by atoms with van der Waals surface area (Å²) in [5.41, 5.74) is 5.59. The molecule has 4 rings (SSSR count). The Labute approximate surface area is 131 Å². The molecule has 2 heterocycles. The van der Waals surface area contributed by atoms with Crippen molar-refractivity contribution >= 4 is 32.9 Å². The van der Waals surface area contributed by atoms with E-state index in [9.17, 15) is 0 Å². The van der Waals surface area contributed by atoms with E-state index < -0.39 is 0 Å². The molecule has 0 fully saturated rings. The van der Waals surface area contributed by atoms with Crippen LogP contribution in [0.2, 0.25) is 0 Å². The Morgan fingerprint density at radius 1 is 1.24 bits per heavy atom. The second kappa shape index (κ2) is 5.50. The maximum atomic E-state index is 5.80. The molecule has 2 aromatic heterocycles. The lowest BCUT2D eigenvalue weighted by Crippen LogP contribution is -2.28. The Balaban J connectivity index is 1.60. The molecule has 0 radical (unpaired) electrons. The first-order valence-electron chi connectivity index (χ1n) is 7.25. The van der Waals surface area contributed by atoms with Gasteiger partial charge < -0.3 is 0 Å². The van der Waals surface area contributed by atoms with Crippen LogP contribution < -0.4 is 11.3 Å². The lowest BCUT2D eigenvalue weighted by Gasteiger charge is -2.12. The van der Waals surface area contributed by atoms with Crippen LogP contribution >= 0.6 is 22.7 Å². The van der Waals surface area contributed by atoms with Gasteiger partial charge in [-0.15, -0.1) is 22.7 Å². The number of nitrogens with one attached hydrogen (secondary N) is 1. The third-order valence-electron chi connectivity index (χ3n) is 4.03. The lowest BCUT2D eigenvalue weighted by atomic mass is 10.1. The number of hydrazine groups is 1. The van der Waals surface area contributed by atoms with Crippen LogP contribution in [0, 0.1) is 0 Å². The van der Waals surface area contributed by atoms with E-state index in [-0.39, 0.29) is 6.04 Å². The summed E-state index contributed by atoms with van der Waals surface area (Å²) in [5.74, 6) is 5.80. The molecule has 0 bridgehead atoms. The molecule has 3 N–H and O–H groups in total. The van der Waals surface area contributed by atoms with Gasteiger partial charge in [-0.2, -0.15) is 0 Å². The van der Waals surface area contributed by atoms with Crippen molar-refractivity contribution in [3.8, 4) is 0 Å². The third kappa shape index (κ3) is 2.51. The second-order valence-corrected chi connectivity index (χ2v) is 7.73. The van der Waals surface area contributed by atoms with Crippen LogP contribution in [-0.4, -0.2) is 4.98 Å². The molecule has 0 aliphatic heterocycles. The minimum atomic E-state index is 0.168. The van der Waals surface area contributed by atoms with Gasteiger partial charge >= 0.3 is 0 Å². The van der Waals surface area contributed by atoms with Gasteiger partial charge in [-0.05, 0) is 43.0 Å². The first-order chi connectivity index (χ1) is 10.3. The summed E-state index contributed by atoms with van der Waals surface area (Å²) in [5, 5.41) is 1.15. The van der Waals surface area contributed by atoms with Gasteiger partial charge in [-0.1, -0.05) is 12.1 Å². The summed E-state index contributed by atoms with van der Waals surface area (Å²) in [4.78, 5) is 7.62. The van der Waals surface area contributed by atoms with Gasteiger partial charge in [0, 0.05) is 16.2 Å². The molecule has 0 saturated carbocycles. The molecule has 1 unspecified atom stereocenters. The van der Waals surface area contributed by atoms with Crippen molar-refractivity contribution in [1.29, 1.82) is 0 Å². The Morgan fingerprint density at radius 3 is 2.95 bits per heavy atom. The van der Waals surface area contributed by atoms with Crippen molar-refractivity contribution in [1.82, 2.24) is 10.4 Å². The quantitative estimate of drug-likeness (QED) is 0.571. The minimum absolute atomic E-state index is 0.168. The van der Waals surface area contributed by atoms with Crippen molar-refractivity contribution in [2.75, 3.05) is 0 Å². The van der Waals surface area contributed by atoms with Crippen LogP contribution in [0.4, 0.5) is 0 Å². The van der Waals surface area contributed by atoms with Gasteiger partial charge in [0.15, 0.2) is 0 Å². The summed E-state index contributed by atoms with van der Waals surface area (Å²) >= 11 is 3.68. The number of hydrogen-bond donors (Lipinski definition) is 2. The summed E-state index contributed by atoms with van der Waals surface area (Å²) in [6.07, 6.45) is 4.62. The highest BCUT2D eigenvalue weighted by atomic mass is 32.1. The Morgan fingerprint density at radius 2 is 2.14 bits per heavy atom. The lowest BCUT2D eigenvalue weighted by molar-refractivity contribution is 0.559. The fourth-order valence-corrected chi connectivity index (χ4v) is 5.28. The van der Waals surface area contributed by atoms with Gasteiger partial charge in [0.25, 0.3) is 0 Å². The van der Waals surface area contributed by atoms with Gasteiger partial charge in [-0.3, -0.25) is 11.3 Å². The normalized spacial score (nSPS) is 15.5. The third-order valence-corrected chi connectivity index (χ3v) is 6.44. The highest BCUT2D eigenvalue weighted by Crippen LogP contribution is 2.35. The Hall–Kier alpha value is -1.27. The SMILES string of the molecule is NNC(Cc1nc2ccccc2s1)c1cc2c(s1)CCC2. The molecule has 3 nitrogen and oxygen atoms in total. The van der Waals surface area contributed by atoms with E-state index in [1.807, 2.05) is 17.4 Å². The average Bonchev–Trinajstić information content (AvgIpc) is 3.17. The fraction of sp³-hybridized carbons (Fsp3) is 0.312. The smallest absolute Gasteiger partial charge is 0.0958 e. The maximum Gasteiger partial charge on any atom is 0.0958 e. The summed E-state index contributed by atoms with van der Waals surface area (Å²) < 4.78 is 1.25. The maximum absolute atomic E-state index is 5.80. The molecule has 0 amide bonds. The van der Waals surface area contributed by atoms with Crippen LogP contribution in [-0.2, 0) is 19.3 Å². The van der Waals surface area contributed by atoms with Crippen molar-refractivity contribution in [2.24, 2.45) is 5.84 Å². The molecule has 108 valence electrons. The molecular formula is C16H17N3S2. The summed E-state index contributed by atoms with van der Waals surface area (Å²) in [6.45, 7) is 0. The number of nitrogens with zero attached hydrogens (tertiary/aromatic N) is 1. The van der Waals surface area contributed by atoms with E-state index in [1.165, 1.54) is 34.4 Å². The zero-order valence-corrected chi connectivity index (χ0v) is 13.3. The largest absolute Gasteiger partial charge is 0.271 e. The van der Waals surface area contributed by atoms with Crippen LogP contribution in [0.25, 0.3) is 10.2 Å². The summed E-state index contributed by atoms with van der Waals surface area (Å²) in [7, 11) is 0. The number of thiazole rings is 1. The van der Waals surface area contributed by atoms with Crippen molar-refractivity contribution in [2.45, 2.75) is 31.7 Å². The van der Waals surface area contributed by atoms with Crippen LogP contribution in [0.1, 0.15) is 32.8 Å². The second-order valence-electron chi connectivity index (χ2n) is 5.45. The number of nitrogens with two attached hydrogens (primary N) is 1. The van der Waals surface area contributed by atoms with Gasteiger partial charge in [0.05, 0.1) is 21.3 Å². The predicted octanol–water partition coefficient (Wildman–Crippen LogP) is 3.59. The Bertz CT molecular complexity index is 720. The standard InChI is InChI=1S/C16H17N3S2/c17-19-12(15-8-10-4-3-7-13(10)20-15)9-16-18-11-5-1-2-6-14(11)21-16/h1-2,5-6,8,12,19H,3-4,7,9,17H2. The van der Waals surface area contributed by atoms with Crippen LogP contribution in [0.5, 0.6) is 0 Å². The highest BCUT2D eigenvalue weighted by Gasteiger charge is 2.20.